The van der Waals surface area contributed by atoms with Gasteiger partial charge < -0.3 is 19.3 Å². The van der Waals surface area contributed by atoms with Crippen LogP contribution in [0.4, 0.5) is 0 Å². The minimum atomic E-state index is -0.821. The number of carbonyl (C=O) groups excluding carboxylic acids is 1. The second-order valence-electron chi connectivity index (χ2n) is 8.48. The fourth-order valence-corrected chi connectivity index (χ4v) is 5.94. The van der Waals surface area contributed by atoms with Crippen LogP contribution in [0.25, 0.3) is 6.08 Å². The smallest absolute Gasteiger partial charge is 0.338 e. The van der Waals surface area contributed by atoms with Crippen LogP contribution in [-0.2, 0) is 9.53 Å². The van der Waals surface area contributed by atoms with E-state index in [4.69, 9.17) is 14.2 Å². The molecule has 4 rings (SSSR count). The van der Waals surface area contributed by atoms with Gasteiger partial charge in [-0.3, -0.25) is 9.36 Å². The molecule has 0 saturated carbocycles. The zero-order chi connectivity index (χ0) is 27.0. The van der Waals surface area contributed by atoms with Gasteiger partial charge in [-0.25, -0.2) is 9.79 Å². The predicted octanol–water partition coefficient (Wildman–Crippen LogP) is 4.43. The third-order valence-electron chi connectivity index (χ3n) is 5.64. The van der Waals surface area contributed by atoms with Crippen molar-refractivity contribution >= 4 is 55.2 Å². The summed E-state index contributed by atoms with van der Waals surface area (Å²) in [5.74, 6) is 0.191. The van der Waals surface area contributed by atoms with Crippen molar-refractivity contribution in [3.05, 3.63) is 81.4 Å². The minimum absolute atomic E-state index is 0.0354. The van der Waals surface area contributed by atoms with Crippen molar-refractivity contribution in [2.75, 3.05) is 14.2 Å². The van der Waals surface area contributed by atoms with Crippen LogP contribution in [0.5, 0.6) is 17.2 Å². The molecular formula is C26H24Br2N2O6S. The van der Waals surface area contributed by atoms with Crippen molar-refractivity contribution in [3.8, 4) is 17.2 Å². The number of nitrogens with zero attached hydrogens (tertiary/aromatic N) is 2. The van der Waals surface area contributed by atoms with Crippen LogP contribution in [0.15, 0.2) is 60.3 Å². The summed E-state index contributed by atoms with van der Waals surface area (Å²) in [6, 6.07) is 7.91. The number of ether oxygens (including phenoxy) is 3. The second-order valence-corrected chi connectivity index (χ2v) is 11.3. The Balaban J connectivity index is 2.00. The molecule has 2 heterocycles. The number of aromatic hydroxyl groups is 1. The lowest BCUT2D eigenvalue weighted by atomic mass is 9.95. The first-order valence-corrected chi connectivity index (χ1v) is 13.6. The van der Waals surface area contributed by atoms with Crippen molar-refractivity contribution in [1.29, 1.82) is 0 Å². The number of halogens is 2. The predicted molar refractivity (Wildman–Crippen MR) is 148 cm³/mol. The van der Waals surface area contributed by atoms with Gasteiger partial charge in [0.25, 0.3) is 5.56 Å². The normalized spacial score (nSPS) is 15.5. The van der Waals surface area contributed by atoms with Gasteiger partial charge in [0.15, 0.2) is 16.3 Å². The maximum atomic E-state index is 13.9. The molecular weight excluding hydrogens is 628 g/mol. The molecule has 3 aromatic rings. The van der Waals surface area contributed by atoms with Crippen LogP contribution < -0.4 is 24.4 Å². The van der Waals surface area contributed by atoms with E-state index in [0.717, 1.165) is 4.47 Å². The Kier molecular flexibility index (Phi) is 7.96. The molecule has 1 N–H and O–H groups in total. The Bertz CT molecular complexity index is 1610. The highest BCUT2D eigenvalue weighted by atomic mass is 79.9. The molecule has 37 heavy (non-hydrogen) atoms. The topological polar surface area (TPSA) is 99.4 Å². The average Bonchev–Trinajstić information content (AvgIpc) is 3.14. The molecule has 1 aliphatic rings. The third-order valence-corrected chi connectivity index (χ3v) is 7.72. The molecule has 0 bridgehead atoms. The van der Waals surface area contributed by atoms with E-state index in [2.05, 4.69) is 36.9 Å². The van der Waals surface area contributed by atoms with Crippen LogP contribution in [0.1, 0.15) is 37.9 Å². The molecule has 2 aromatic carbocycles. The number of hydrogen-bond donors (Lipinski definition) is 1. The molecule has 0 amide bonds. The quantitative estimate of drug-likeness (QED) is 0.396. The van der Waals surface area contributed by atoms with E-state index < -0.39 is 12.0 Å². The summed E-state index contributed by atoms with van der Waals surface area (Å²) < 4.78 is 19.5. The number of aromatic nitrogens is 1. The zero-order valence-corrected chi connectivity index (χ0v) is 24.7. The molecule has 1 aromatic heterocycles. The fraction of sp³-hybridized carbons (Fsp3) is 0.269. The summed E-state index contributed by atoms with van der Waals surface area (Å²) in [7, 11) is 2.99. The molecule has 0 unspecified atom stereocenters. The van der Waals surface area contributed by atoms with Crippen LogP contribution in [0.2, 0.25) is 0 Å². The van der Waals surface area contributed by atoms with Gasteiger partial charge in [0.1, 0.15) is 11.8 Å². The van der Waals surface area contributed by atoms with Crippen molar-refractivity contribution in [2.45, 2.75) is 32.9 Å². The number of rotatable bonds is 6. The van der Waals surface area contributed by atoms with Gasteiger partial charge in [-0.2, -0.15) is 0 Å². The highest BCUT2D eigenvalue weighted by Crippen LogP contribution is 2.38. The number of hydrogen-bond acceptors (Lipinski definition) is 8. The Morgan fingerprint density at radius 1 is 1.16 bits per heavy atom. The van der Waals surface area contributed by atoms with Crippen molar-refractivity contribution < 1.29 is 24.1 Å². The molecule has 8 nitrogen and oxygen atoms in total. The Morgan fingerprint density at radius 3 is 2.51 bits per heavy atom. The summed E-state index contributed by atoms with van der Waals surface area (Å²) in [6.07, 6.45) is 1.34. The van der Waals surface area contributed by atoms with Crippen LogP contribution in [0, 0.1) is 0 Å². The number of carbonyl (C=O) groups is 1. The van der Waals surface area contributed by atoms with E-state index in [1.165, 1.54) is 30.1 Å². The highest BCUT2D eigenvalue weighted by molar-refractivity contribution is 9.10. The lowest BCUT2D eigenvalue weighted by Crippen LogP contribution is -2.40. The summed E-state index contributed by atoms with van der Waals surface area (Å²) in [6.45, 7) is 5.26. The van der Waals surface area contributed by atoms with E-state index >= 15 is 0 Å². The van der Waals surface area contributed by atoms with Crippen molar-refractivity contribution in [1.82, 2.24) is 4.57 Å². The monoisotopic (exact) mass is 650 g/mol. The van der Waals surface area contributed by atoms with Gasteiger partial charge in [-0.15, -0.1) is 0 Å². The summed E-state index contributed by atoms with van der Waals surface area (Å²) in [5, 5.41) is 10.2. The third kappa shape index (κ3) is 5.25. The van der Waals surface area contributed by atoms with E-state index in [1.54, 1.807) is 45.0 Å². The van der Waals surface area contributed by atoms with Gasteiger partial charge in [-0.05, 0) is 78.7 Å². The number of benzene rings is 2. The Hall–Kier alpha value is -2.89. The molecule has 1 aliphatic heterocycles. The standard InChI is InChI=1S/C26H24Br2N2O6S/c1-12(2)36-25(33)21-13(3)29-26-30(22(21)16-11-15(27)6-7-18(16)34-4)24(32)20(37-26)10-14-8-17(28)23(31)19(9-14)35-5/h6-12,22,31H,1-5H3/b20-10-/t22-/m0/s1. The van der Waals surface area contributed by atoms with Crippen LogP contribution in [-0.4, -0.2) is 36.0 Å². The lowest BCUT2D eigenvalue weighted by molar-refractivity contribution is -0.143. The number of thiazole rings is 1. The summed E-state index contributed by atoms with van der Waals surface area (Å²) in [4.78, 5) is 32.2. The first-order valence-electron chi connectivity index (χ1n) is 11.2. The summed E-state index contributed by atoms with van der Waals surface area (Å²) >= 11 is 8.01. The molecule has 0 spiro atoms. The molecule has 1 atom stereocenters. The van der Waals surface area contributed by atoms with Gasteiger partial charge in [-0.1, -0.05) is 27.3 Å². The van der Waals surface area contributed by atoms with Gasteiger partial charge in [0, 0.05) is 10.0 Å². The van der Waals surface area contributed by atoms with E-state index in [9.17, 15) is 14.7 Å². The molecule has 194 valence electrons. The lowest BCUT2D eigenvalue weighted by Gasteiger charge is -2.26. The highest BCUT2D eigenvalue weighted by Gasteiger charge is 2.35. The second kappa shape index (κ2) is 10.8. The number of phenols is 1. The molecule has 0 fully saturated rings. The SMILES string of the molecule is COc1ccc(Br)cc1[C@H]1C(C(=O)OC(C)C)=C(C)N=c2s/c(=C\c3cc(Br)c(O)c(OC)c3)c(=O)n21. The molecule has 0 saturated heterocycles. The van der Waals surface area contributed by atoms with Crippen LogP contribution >= 0.6 is 43.2 Å². The zero-order valence-electron chi connectivity index (χ0n) is 20.7. The Morgan fingerprint density at radius 2 is 1.86 bits per heavy atom. The maximum Gasteiger partial charge on any atom is 0.338 e. The Labute approximate surface area is 233 Å². The van der Waals surface area contributed by atoms with Crippen LogP contribution in [0.3, 0.4) is 0 Å². The molecule has 11 heteroatoms. The number of phenolic OH excluding ortho intramolecular Hbond substituents is 1. The number of methoxy groups -OCH3 is 2. The van der Waals surface area contributed by atoms with E-state index in [1.807, 2.05) is 12.1 Å². The maximum absolute atomic E-state index is 13.9. The first-order chi connectivity index (χ1) is 17.5. The van der Waals surface area contributed by atoms with Crippen molar-refractivity contribution in [3.63, 3.8) is 0 Å². The summed E-state index contributed by atoms with van der Waals surface area (Å²) in [5.41, 5.74) is 1.64. The van der Waals surface area contributed by atoms with Crippen molar-refractivity contribution in [2.24, 2.45) is 4.99 Å². The number of allylic oxidation sites excluding steroid dienone is 1. The van der Waals surface area contributed by atoms with E-state index in [-0.39, 0.29) is 28.7 Å². The average molecular weight is 652 g/mol. The van der Waals surface area contributed by atoms with E-state index in [0.29, 0.717) is 36.4 Å². The van der Waals surface area contributed by atoms with Gasteiger partial charge in [0.2, 0.25) is 0 Å². The molecule has 0 radical (unpaired) electrons. The van der Waals surface area contributed by atoms with Gasteiger partial charge >= 0.3 is 5.97 Å². The fourth-order valence-electron chi connectivity index (χ4n) is 4.06. The minimum Gasteiger partial charge on any atom is -0.503 e. The molecule has 0 aliphatic carbocycles. The largest absolute Gasteiger partial charge is 0.503 e. The number of esters is 1. The van der Waals surface area contributed by atoms with Gasteiger partial charge in [0.05, 0.1) is 40.6 Å². The first kappa shape index (κ1) is 27.2. The number of fused-ring (bicyclic) bond motifs is 1.